The summed E-state index contributed by atoms with van der Waals surface area (Å²) >= 11 is 0. The number of nitrogens with zero attached hydrogens (tertiary/aromatic N) is 4. The number of carbonyl (C=O) groups is 1. The molecule has 2 N–H and O–H groups in total. The Morgan fingerprint density at radius 3 is 2.51 bits per heavy atom. The molecule has 0 spiro atoms. The van der Waals surface area contributed by atoms with Crippen LogP contribution in [-0.2, 0) is 16.1 Å². The second kappa shape index (κ2) is 10.9. The Labute approximate surface area is 208 Å². The standard InChI is InChI=1S/C27H36N6O2/c1-18-7-19(2)9-21(8-18)11-30-20(3)31-12-23-14-33(15-24(23)29)25-16-32(13-22(25)10-28)17-26(34)35-27(4,5)6/h7-9,12,29H,11,13-17H2,1-6H3,(H,30,31)/b23-12-,29-24?. The molecule has 1 saturated heterocycles. The molecule has 186 valence electrons. The number of aryl methyl sites for hydroxylation is 2. The largest absolute Gasteiger partial charge is 0.459 e. The lowest BCUT2D eigenvalue weighted by Crippen LogP contribution is -2.35. The Morgan fingerprint density at radius 2 is 1.89 bits per heavy atom. The van der Waals surface area contributed by atoms with Gasteiger partial charge in [-0.15, -0.1) is 0 Å². The molecule has 0 aliphatic carbocycles. The summed E-state index contributed by atoms with van der Waals surface area (Å²) in [5.41, 5.74) is 5.97. The van der Waals surface area contributed by atoms with Crippen molar-refractivity contribution in [3.63, 3.8) is 0 Å². The molecule has 0 bridgehead atoms. The average molecular weight is 477 g/mol. The number of nitrogens with one attached hydrogen (secondary N) is 2. The summed E-state index contributed by atoms with van der Waals surface area (Å²) in [6, 6.07) is 8.75. The number of nitriles is 1. The van der Waals surface area contributed by atoms with Crippen LogP contribution in [0.1, 0.15) is 44.4 Å². The lowest BCUT2D eigenvalue weighted by molar-refractivity contribution is -0.155. The van der Waals surface area contributed by atoms with E-state index in [0.717, 1.165) is 17.1 Å². The van der Waals surface area contributed by atoms with E-state index in [2.05, 4.69) is 48.4 Å². The topological polar surface area (TPSA) is 105 Å². The Kier molecular flexibility index (Phi) is 8.13. The van der Waals surface area contributed by atoms with Crippen LogP contribution in [0.5, 0.6) is 0 Å². The molecule has 2 aliphatic rings. The van der Waals surface area contributed by atoms with Crippen LogP contribution in [0.3, 0.4) is 0 Å². The van der Waals surface area contributed by atoms with Gasteiger partial charge in [-0.2, -0.15) is 5.26 Å². The number of hydrogen-bond acceptors (Lipinski definition) is 7. The Hall–Kier alpha value is -3.44. The third-order valence-corrected chi connectivity index (χ3v) is 5.73. The highest BCUT2D eigenvalue weighted by molar-refractivity contribution is 6.02. The predicted molar refractivity (Wildman–Crippen MR) is 138 cm³/mol. The van der Waals surface area contributed by atoms with Gasteiger partial charge >= 0.3 is 5.97 Å². The summed E-state index contributed by atoms with van der Waals surface area (Å²) < 4.78 is 5.42. The van der Waals surface area contributed by atoms with E-state index >= 15 is 0 Å². The highest BCUT2D eigenvalue weighted by atomic mass is 16.6. The number of hydrogen-bond donors (Lipinski definition) is 2. The van der Waals surface area contributed by atoms with Gasteiger partial charge in [-0.1, -0.05) is 29.3 Å². The molecule has 0 aromatic heterocycles. The first-order valence-corrected chi connectivity index (χ1v) is 11.9. The maximum absolute atomic E-state index is 12.2. The fourth-order valence-corrected chi connectivity index (χ4v) is 4.32. The third-order valence-electron chi connectivity index (χ3n) is 5.73. The average Bonchev–Trinajstić information content (AvgIpc) is 3.31. The quantitative estimate of drug-likeness (QED) is 0.370. The van der Waals surface area contributed by atoms with Gasteiger partial charge in [-0.25, -0.2) is 4.99 Å². The van der Waals surface area contributed by atoms with Gasteiger partial charge in [0.05, 0.1) is 36.3 Å². The van der Waals surface area contributed by atoms with Crippen molar-refractivity contribution in [1.29, 1.82) is 10.7 Å². The van der Waals surface area contributed by atoms with Crippen LogP contribution >= 0.6 is 0 Å². The zero-order valence-corrected chi connectivity index (χ0v) is 21.7. The molecule has 0 saturated carbocycles. The van der Waals surface area contributed by atoms with Crippen LogP contribution < -0.4 is 5.32 Å². The summed E-state index contributed by atoms with van der Waals surface area (Å²) in [6.07, 6.45) is 1.74. The van der Waals surface area contributed by atoms with E-state index < -0.39 is 5.60 Å². The summed E-state index contributed by atoms with van der Waals surface area (Å²) in [5, 5.41) is 21.4. The van der Waals surface area contributed by atoms with Crippen LogP contribution in [0.2, 0.25) is 0 Å². The maximum Gasteiger partial charge on any atom is 0.320 e. The van der Waals surface area contributed by atoms with Crippen LogP contribution in [-0.4, -0.2) is 65.6 Å². The van der Waals surface area contributed by atoms with E-state index in [1.165, 1.54) is 16.7 Å². The minimum absolute atomic E-state index is 0.134. The van der Waals surface area contributed by atoms with Gasteiger partial charge in [0.1, 0.15) is 5.60 Å². The predicted octanol–water partition coefficient (Wildman–Crippen LogP) is 3.47. The van der Waals surface area contributed by atoms with Crippen molar-refractivity contribution in [2.24, 2.45) is 4.99 Å². The molecule has 0 radical (unpaired) electrons. The van der Waals surface area contributed by atoms with Gasteiger partial charge in [0, 0.05) is 43.6 Å². The van der Waals surface area contributed by atoms with E-state index in [1.54, 1.807) is 6.20 Å². The lowest BCUT2D eigenvalue weighted by Gasteiger charge is -2.23. The van der Waals surface area contributed by atoms with E-state index in [-0.39, 0.29) is 12.5 Å². The number of aliphatic imine (C=N–C) groups is 1. The van der Waals surface area contributed by atoms with Crippen molar-refractivity contribution >= 4 is 17.5 Å². The van der Waals surface area contributed by atoms with Crippen molar-refractivity contribution < 1.29 is 9.53 Å². The first kappa shape index (κ1) is 26.2. The fraction of sp³-hybridized carbons (Fsp3) is 0.481. The maximum atomic E-state index is 12.2. The summed E-state index contributed by atoms with van der Waals surface area (Å²) in [7, 11) is 0. The van der Waals surface area contributed by atoms with E-state index in [4.69, 9.17) is 10.1 Å². The van der Waals surface area contributed by atoms with E-state index in [1.807, 2.05) is 37.5 Å². The highest BCUT2D eigenvalue weighted by Crippen LogP contribution is 2.26. The van der Waals surface area contributed by atoms with Gasteiger partial charge in [0.2, 0.25) is 0 Å². The van der Waals surface area contributed by atoms with Gasteiger partial charge < -0.3 is 20.4 Å². The van der Waals surface area contributed by atoms with Gasteiger partial charge in [0.25, 0.3) is 0 Å². The molecule has 35 heavy (non-hydrogen) atoms. The second-order valence-electron chi connectivity index (χ2n) is 10.3. The van der Waals surface area contributed by atoms with Gasteiger partial charge in [-0.3, -0.25) is 9.69 Å². The number of rotatable bonds is 6. The number of amidine groups is 1. The minimum Gasteiger partial charge on any atom is -0.459 e. The molecule has 0 amide bonds. The third kappa shape index (κ3) is 7.52. The van der Waals surface area contributed by atoms with Gasteiger partial charge in [-0.05, 0) is 47.1 Å². The number of benzene rings is 1. The molecule has 2 aliphatic heterocycles. The molecular formula is C27H36N6O2. The van der Waals surface area contributed by atoms with Crippen LogP contribution in [0.25, 0.3) is 0 Å². The first-order chi connectivity index (χ1) is 16.4. The molecule has 1 fully saturated rings. The number of likely N-dealkylation sites (tertiary alicyclic amines) is 1. The molecule has 8 nitrogen and oxygen atoms in total. The summed E-state index contributed by atoms with van der Waals surface area (Å²) in [5.74, 6) is 0.480. The fourth-order valence-electron chi connectivity index (χ4n) is 4.32. The Bertz CT molecular complexity index is 1110. The van der Waals surface area contributed by atoms with Crippen molar-refractivity contribution in [1.82, 2.24) is 15.1 Å². The van der Waals surface area contributed by atoms with E-state index in [9.17, 15) is 10.1 Å². The van der Waals surface area contributed by atoms with Crippen molar-refractivity contribution in [3.8, 4) is 6.07 Å². The second-order valence-corrected chi connectivity index (χ2v) is 10.3. The summed E-state index contributed by atoms with van der Waals surface area (Å²) in [6.45, 7) is 14.3. The van der Waals surface area contributed by atoms with Gasteiger partial charge in [0.15, 0.2) is 0 Å². The zero-order valence-electron chi connectivity index (χ0n) is 21.7. The normalized spacial score (nSPS) is 18.4. The molecule has 1 aromatic rings. The molecule has 3 rings (SSSR count). The highest BCUT2D eigenvalue weighted by Gasteiger charge is 2.32. The number of esters is 1. The molecule has 2 heterocycles. The van der Waals surface area contributed by atoms with E-state index in [0.29, 0.717) is 44.0 Å². The minimum atomic E-state index is -0.540. The van der Waals surface area contributed by atoms with Crippen LogP contribution in [0.15, 0.2) is 46.2 Å². The van der Waals surface area contributed by atoms with Crippen molar-refractivity contribution in [2.45, 2.75) is 53.7 Å². The Morgan fingerprint density at radius 1 is 1.20 bits per heavy atom. The SMILES string of the molecule is C/C(=N\C=C1\CN(C2=C(C#N)CN(CC(=O)OC(C)(C)C)C2)CC1=N)NCc1cc(C)cc(C)c1. The first-order valence-electron chi connectivity index (χ1n) is 11.9. The number of ether oxygens (including phenoxy) is 1. The molecule has 8 heteroatoms. The zero-order chi connectivity index (χ0) is 25.8. The Balaban J connectivity index is 1.59. The molecule has 1 aromatic carbocycles. The van der Waals surface area contributed by atoms with Crippen LogP contribution in [0, 0.1) is 30.6 Å². The lowest BCUT2D eigenvalue weighted by atomic mass is 10.1. The number of carbonyl (C=O) groups excluding carboxylic acids is 1. The smallest absolute Gasteiger partial charge is 0.320 e. The van der Waals surface area contributed by atoms with Crippen molar-refractivity contribution in [2.75, 3.05) is 32.7 Å². The summed E-state index contributed by atoms with van der Waals surface area (Å²) in [4.78, 5) is 20.7. The van der Waals surface area contributed by atoms with Crippen LogP contribution in [0.4, 0.5) is 0 Å². The molecule has 0 atom stereocenters. The molecule has 0 unspecified atom stereocenters. The monoisotopic (exact) mass is 476 g/mol. The van der Waals surface area contributed by atoms with Crippen molar-refractivity contribution in [3.05, 3.63) is 57.9 Å². The molecular weight excluding hydrogens is 440 g/mol.